The molecule has 0 fully saturated rings. The molecule has 5 aromatic rings. The molecule has 4 aromatic carbocycles. The number of benzene rings is 4. The van der Waals surface area contributed by atoms with Gasteiger partial charge in [-0.05, 0) is 22.8 Å². The monoisotopic (exact) mass is 375 g/mol. The number of rotatable bonds is 4. The van der Waals surface area contributed by atoms with Crippen LogP contribution in [0.2, 0.25) is 0 Å². The molecular formula is C27H21NO. The fourth-order valence-corrected chi connectivity index (χ4v) is 4.16. The van der Waals surface area contributed by atoms with E-state index >= 15 is 0 Å². The summed E-state index contributed by atoms with van der Waals surface area (Å²) in [7, 11) is 0. The number of aromatic nitrogens is 1. The maximum Gasteiger partial charge on any atom is 0.141 e. The van der Waals surface area contributed by atoms with Crippen molar-refractivity contribution in [1.29, 1.82) is 0 Å². The van der Waals surface area contributed by atoms with Crippen LogP contribution in [0.5, 0.6) is 0 Å². The lowest BCUT2D eigenvalue weighted by atomic mass is 9.77. The second-order valence-electron chi connectivity index (χ2n) is 7.24. The minimum absolute atomic E-state index is 0.846. The molecule has 0 atom stereocenters. The summed E-state index contributed by atoms with van der Waals surface area (Å²) in [4.78, 5) is 3.36. The third-order valence-corrected chi connectivity index (χ3v) is 5.58. The zero-order valence-corrected chi connectivity index (χ0v) is 15.9. The molecule has 0 aliphatic rings. The van der Waals surface area contributed by atoms with E-state index in [9.17, 15) is 5.11 Å². The summed E-state index contributed by atoms with van der Waals surface area (Å²) in [6.07, 6.45) is 2.03. The summed E-state index contributed by atoms with van der Waals surface area (Å²) in [5.41, 5.74) is 4.47. The average molecular weight is 375 g/mol. The van der Waals surface area contributed by atoms with Gasteiger partial charge in [0.2, 0.25) is 0 Å². The predicted molar refractivity (Wildman–Crippen MR) is 119 cm³/mol. The smallest absolute Gasteiger partial charge is 0.141 e. The standard InChI is InChI=1S/C27H21NO/c29-27(20-11-3-1-4-12-20,21-13-5-2-6-14-21)25-17-9-7-15-22(25)24-19-28-26-18-10-8-16-23(24)26/h1-19,28-29H. The number of aliphatic hydroxyl groups is 1. The number of fused-ring (bicyclic) bond motifs is 1. The molecule has 0 amide bonds. The van der Waals surface area contributed by atoms with Gasteiger partial charge in [-0.15, -0.1) is 0 Å². The summed E-state index contributed by atoms with van der Waals surface area (Å²) in [5, 5.41) is 13.4. The van der Waals surface area contributed by atoms with E-state index in [1.165, 1.54) is 0 Å². The van der Waals surface area contributed by atoms with E-state index in [1.807, 2.05) is 97.2 Å². The van der Waals surface area contributed by atoms with Gasteiger partial charge < -0.3 is 10.1 Å². The molecule has 0 saturated heterocycles. The molecule has 1 heterocycles. The van der Waals surface area contributed by atoms with Crippen LogP contribution >= 0.6 is 0 Å². The molecule has 0 spiro atoms. The van der Waals surface area contributed by atoms with Gasteiger partial charge in [-0.1, -0.05) is 103 Å². The van der Waals surface area contributed by atoms with Crippen LogP contribution in [0.15, 0.2) is 115 Å². The Balaban J connectivity index is 1.82. The van der Waals surface area contributed by atoms with Gasteiger partial charge in [-0.2, -0.15) is 0 Å². The number of aromatic amines is 1. The van der Waals surface area contributed by atoms with Gasteiger partial charge in [0.15, 0.2) is 0 Å². The van der Waals surface area contributed by atoms with Gasteiger partial charge in [0.05, 0.1) is 0 Å². The quantitative estimate of drug-likeness (QED) is 0.365. The Kier molecular flexibility index (Phi) is 4.27. The third kappa shape index (κ3) is 2.86. The molecule has 0 unspecified atom stereocenters. The van der Waals surface area contributed by atoms with Crippen LogP contribution in [0.25, 0.3) is 22.0 Å². The lowest BCUT2D eigenvalue weighted by molar-refractivity contribution is 0.126. The van der Waals surface area contributed by atoms with Crippen molar-refractivity contribution >= 4 is 10.9 Å². The lowest BCUT2D eigenvalue weighted by Gasteiger charge is -2.32. The van der Waals surface area contributed by atoms with Crippen LogP contribution in [0.4, 0.5) is 0 Å². The van der Waals surface area contributed by atoms with Crippen LogP contribution in [0.3, 0.4) is 0 Å². The third-order valence-electron chi connectivity index (χ3n) is 5.58. The topological polar surface area (TPSA) is 36.0 Å². The lowest BCUT2D eigenvalue weighted by Crippen LogP contribution is -2.29. The molecule has 0 bridgehead atoms. The van der Waals surface area contributed by atoms with Crippen molar-refractivity contribution in [2.24, 2.45) is 0 Å². The molecule has 29 heavy (non-hydrogen) atoms. The van der Waals surface area contributed by atoms with Crippen LogP contribution in [0.1, 0.15) is 16.7 Å². The number of para-hydroxylation sites is 1. The van der Waals surface area contributed by atoms with E-state index in [-0.39, 0.29) is 0 Å². The van der Waals surface area contributed by atoms with Gasteiger partial charge in [0.1, 0.15) is 5.60 Å². The van der Waals surface area contributed by atoms with E-state index < -0.39 is 5.60 Å². The number of nitrogens with one attached hydrogen (secondary N) is 1. The molecule has 2 heteroatoms. The summed E-state index contributed by atoms with van der Waals surface area (Å²) >= 11 is 0. The van der Waals surface area contributed by atoms with Crippen molar-refractivity contribution in [2.45, 2.75) is 5.60 Å². The minimum atomic E-state index is -1.27. The Morgan fingerprint density at radius 1 is 0.552 bits per heavy atom. The van der Waals surface area contributed by atoms with Crippen LogP contribution in [-0.2, 0) is 5.60 Å². The zero-order chi connectivity index (χ0) is 19.7. The van der Waals surface area contributed by atoms with E-state index in [0.29, 0.717) is 0 Å². The van der Waals surface area contributed by atoms with Gasteiger partial charge in [0.25, 0.3) is 0 Å². The highest BCUT2D eigenvalue weighted by atomic mass is 16.3. The molecule has 0 radical (unpaired) electrons. The van der Waals surface area contributed by atoms with Gasteiger partial charge in [-0.25, -0.2) is 0 Å². The first kappa shape index (κ1) is 17.5. The van der Waals surface area contributed by atoms with Crippen molar-refractivity contribution in [1.82, 2.24) is 4.98 Å². The maximum absolute atomic E-state index is 12.3. The van der Waals surface area contributed by atoms with E-state index in [1.54, 1.807) is 0 Å². The summed E-state index contributed by atoms with van der Waals surface area (Å²) < 4.78 is 0. The van der Waals surface area contributed by atoms with E-state index in [0.717, 1.165) is 38.7 Å². The van der Waals surface area contributed by atoms with Crippen molar-refractivity contribution in [3.8, 4) is 11.1 Å². The summed E-state index contributed by atoms with van der Waals surface area (Å²) in [5.74, 6) is 0. The van der Waals surface area contributed by atoms with Crippen LogP contribution in [0, 0.1) is 0 Å². The van der Waals surface area contributed by atoms with Gasteiger partial charge in [-0.3, -0.25) is 0 Å². The Morgan fingerprint density at radius 3 is 1.79 bits per heavy atom. The normalized spacial score (nSPS) is 11.6. The summed E-state index contributed by atoms with van der Waals surface area (Å²) in [6, 6.07) is 36.1. The first-order valence-electron chi connectivity index (χ1n) is 9.78. The molecule has 0 saturated carbocycles. The first-order chi connectivity index (χ1) is 14.3. The Hall–Kier alpha value is -3.62. The van der Waals surface area contributed by atoms with E-state index in [4.69, 9.17) is 0 Å². The molecule has 5 rings (SSSR count). The number of H-pyrrole nitrogens is 1. The average Bonchev–Trinajstić information content (AvgIpc) is 3.24. The Labute approximate surface area is 170 Å². The van der Waals surface area contributed by atoms with Crippen LogP contribution < -0.4 is 0 Å². The molecular weight excluding hydrogens is 354 g/mol. The van der Waals surface area contributed by atoms with Crippen LogP contribution in [-0.4, -0.2) is 10.1 Å². The SMILES string of the molecule is OC(c1ccccc1)(c1ccccc1)c1ccccc1-c1c[nH]c2ccccc12. The first-order valence-corrected chi connectivity index (χ1v) is 9.78. The van der Waals surface area contributed by atoms with Crippen molar-refractivity contribution in [3.05, 3.63) is 132 Å². The Bertz CT molecular complexity index is 1220. The van der Waals surface area contributed by atoms with Crippen molar-refractivity contribution in [3.63, 3.8) is 0 Å². The number of hydrogen-bond donors (Lipinski definition) is 2. The highest BCUT2D eigenvalue weighted by Gasteiger charge is 2.36. The highest BCUT2D eigenvalue weighted by Crippen LogP contribution is 2.42. The van der Waals surface area contributed by atoms with Crippen molar-refractivity contribution in [2.75, 3.05) is 0 Å². The van der Waals surface area contributed by atoms with Crippen molar-refractivity contribution < 1.29 is 5.11 Å². The predicted octanol–water partition coefficient (Wildman–Crippen LogP) is 6.12. The zero-order valence-electron chi connectivity index (χ0n) is 15.9. The van der Waals surface area contributed by atoms with E-state index in [2.05, 4.69) is 23.2 Å². The van der Waals surface area contributed by atoms with Gasteiger partial charge >= 0.3 is 0 Å². The molecule has 140 valence electrons. The largest absolute Gasteiger partial charge is 0.376 e. The fourth-order valence-electron chi connectivity index (χ4n) is 4.16. The molecule has 0 aliphatic carbocycles. The maximum atomic E-state index is 12.3. The van der Waals surface area contributed by atoms with Gasteiger partial charge in [0, 0.05) is 28.2 Å². The molecule has 2 nitrogen and oxygen atoms in total. The summed E-state index contributed by atoms with van der Waals surface area (Å²) in [6.45, 7) is 0. The molecule has 1 aromatic heterocycles. The molecule has 2 N–H and O–H groups in total. The fraction of sp³-hybridized carbons (Fsp3) is 0.0370. The second kappa shape index (κ2) is 7.08. The highest BCUT2D eigenvalue weighted by molar-refractivity contribution is 5.96. The number of hydrogen-bond acceptors (Lipinski definition) is 1. The molecule has 0 aliphatic heterocycles. The minimum Gasteiger partial charge on any atom is -0.376 e. The second-order valence-corrected chi connectivity index (χ2v) is 7.24. The Morgan fingerprint density at radius 2 is 1.10 bits per heavy atom.